The summed E-state index contributed by atoms with van der Waals surface area (Å²) in [5.41, 5.74) is 2.55. The molecule has 0 amide bonds. The van der Waals surface area contributed by atoms with Crippen molar-refractivity contribution < 1.29 is 9.84 Å². The van der Waals surface area contributed by atoms with Crippen LogP contribution in [0, 0.1) is 13.8 Å². The molecule has 3 nitrogen and oxygen atoms in total. The van der Waals surface area contributed by atoms with Gasteiger partial charge >= 0.3 is 0 Å². The Morgan fingerprint density at radius 2 is 1.65 bits per heavy atom. The van der Waals surface area contributed by atoms with Crippen LogP contribution in [0.25, 0.3) is 0 Å². The summed E-state index contributed by atoms with van der Waals surface area (Å²) in [4.78, 5) is 2.43. The molecule has 1 aliphatic rings. The Balaban J connectivity index is 2.24. The van der Waals surface area contributed by atoms with Crippen molar-refractivity contribution in [1.82, 2.24) is 4.90 Å². The molecule has 0 unspecified atom stereocenters. The van der Waals surface area contributed by atoms with Gasteiger partial charge in [-0.1, -0.05) is 0 Å². The fourth-order valence-corrected chi connectivity index (χ4v) is 3.24. The van der Waals surface area contributed by atoms with E-state index in [-0.39, 0.29) is 0 Å². The SMILES string of the molecule is COc1c(C)cc(C2(O)CCN(C(C)C)CC2)cc1C. The van der Waals surface area contributed by atoms with Crippen LogP contribution in [0.2, 0.25) is 0 Å². The van der Waals surface area contributed by atoms with Crippen LogP contribution in [-0.2, 0) is 5.60 Å². The second kappa shape index (κ2) is 5.74. The molecule has 1 N–H and O–H groups in total. The molecule has 1 saturated heterocycles. The number of aliphatic hydroxyl groups is 1. The molecule has 0 saturated carbocycles. The van der Waals surface area contributed by atoms with E-state index in [9.17, 15) is 5.11 Å². The van der Waals surface area contributed by atoms with Crippen LogP contribution in [0.1, 0.15) is 43.4 Å². The van der Waals surface area contributed by atoms with Crippen molar-refractivity contribution >= 4 is 0 Å². The highest BCUT2D eigenvalue weighted by Gasteiger charge is 2.35. The van der Waals surface area contributed by atoms with Gasteiger partial charge in [-0.3, -0.25) is 0 Å². The molecule has 3 heteroatoms. The molecule has 0 spiro atoms. The van der Waals surface area contributed by atoms with Crippen LogP contribution in [0.3, 0.4) is 0 Å². The average molecular weight is 277 g/mol. The number of methoxy groups -OCH3 is 1. The molecule has 0 bridgehead atoms. The molecule has 2 rings (SSSR count). The number of ether oxygens (including phenoxy) is 1. The molecule has 0 radical (unpaired) electrons. The zero-order valence-corrected chi connectivity index (χ0v) is 13.4. The van der Waals surface area contributed by atoms with E-state index in [1.54, 1.807) is 7.11 Å². The zero-order chi connectivity index (χ0) is 14.9. The van der Waals surface area contributed by atoms with Gasteiger partial charge in [-0.25, -0.2) is 0 Å². The lowest BCUT2D eigenvalue weighted by Gasteiger charge is -2.40. The highest BCUT2D eigenvalue weighted by molar-refractivity contribution is 5.45. The number of hydrogen-bond donors (Lipinski definition) is 1. The zero-order valence-electron chi connectivity index (χ0n) is 13.4. The van der Waals surface area contributed by atoms with Gasteiger partial charge in [0, 0.05) is 19.1 Å². The minimum Gasteiger partial charge on any atom is -0.496 e. The van der Waals surface area contributed by atoms with Gasteiger partial charge in [0.25, 0.3) is 0 Å². The second-order valence-corrected chi connectivity index (χ2v) is 6.30. The van der Waals surface area contributed by atoms with Crippen molar-refractivity contribution in [3.8, 4) is 5.75 Å². The van der Waals surface area contributed by atoms with Crippen LogP contribution in [0.4, 0.5) is 0 Å². The molecular weight excluding hydrogens is 250 g/mol. The van der Waals surface area contributed by atoms with E-state index < -0.39 is 5.60 Å². The van der Waals surface area contributed by atoms with Crippen molar-refractivity contribution in [2.24, 2.45) is 0 Å². The second-order valence-electron chi connectivity index (χ2n) is 6.30. The van der Waals surface area contributed by atoms with Crippen molar-refractivity contribution in [3.63, 3.8) is 0 Å². The Morgan fingerprint density at radius 1 is 1.15 bits per heavy atom. The van der Waals surface area contributed by atoms with Gasteiger partial charge < -0.3 is 14.7 Å². The number of nitrogens with zero attached hydrogens (tertiary/aromatic N) is 1. The molecule has 1 aromatic rings. The van der Waals surface area contributed by atoms with Crippen LogP contribution in [0.15, 0.2) is 12.1 Å². The van der Waals surface area contributed by atoms with E-state index in [1.807, 2.05) is 13.8 Å². The molecule has 1 aromatic carbocycles. The van der Waals surface area contributed by atoms with Crippen molar-refractivity contribution in [1.29, 1.82) is 0 Å². The molecule has 0 aromatic heterocycles. The number of piperidine rings is 1. The third kappa shape index (κ3) is 2.84. The van der Waals surface area contributed by atoms with Gasteiger partial charge in [-0.2, -0.15) is 0 Å². The van der Waals surface area contributed by atoms with Crippen molar-refractivity contribution in [3.05, 3.63) is 28.8 Å². The molecule has 1 fully saturated rings. The van der Waals surface area contributed by atoms with Gasteiger partial charge in [0.15, 0.2) is 0 Å². The topological polar surface area (TPSA) is 32.7 Å². The Morgan fingerprint density at radius 3 is 2.05 bits per heavy atom. The Labute approximate surface area is 122 Å². The van der Waals surface area contributed by atoms with Crippen LogP contribution in [-0.4, -0.2) is 36.2 Å². The first-order valence-corrected chi connectivity index (χ1v) is 7.49. The van der Waals surface area contributed by atoms with E-state index in [1.165, 1.54) is 0 Å². The maximum atomic E-state index is 11.0. The van der Waals surface area contributed by atoms with Crippen LogP contribution in [0.5, 0.6) is 5.75 Å². The highest BCUT2D eigenvalue weighted by Crippen LogP contribution is 2.36. The summed E-state index contributed by atoms with van der Waals surface area (Å²) in [6.45, 7) is 10.4. The summed E-state index contributed by atoms with van der Waals surface area (Å²) in [7, 11) is 1.70. The summed E-state index contributed by atoms with van der Waals surface area (Å²) in [6, 6.07) is 4.71. The number of aryl methyl sites for hydroxylation is 2. The summed E-state index contributed by atoms with van der Waals surface area (Å²) >= 11 is 0. The maximum absolute atomic E-state index is 11.0. The fourth-order valence-electron chi connectivity index (χ4n) is 3.24. The summed E-state index contributed by atoms with van der Waals surface area (Å²) in [6.07, 6.45) is 1.60. The number of benzene rings is 1. The van der Waals surface area contributed by atoms with Gasteiger partial charge in [0.1, 0.15) is 5.75 Å². The molecule has 112 valence electrons. The van der Waals surface area contributed by atoms with Gasteiger partial charge in [0.05, 0.1) is 12.7 Å². The van der Waals surface area contributed by atoms with E-state index >= 15 is 0 Å². The van der Waals surface area contributed by atoms with Crippen LogP contribution >= 0.6 is 0 Å². The first kappa shape index (κ1) is 15.3. The molecule has 1 heterocycles. The quantitative estimate of drug-likeness (QED) is 0.922. The third-order valence-electron chi connectivity index (χ3n) is 4.56. The van der Waals surface area contributed by atoms with E-state index in [2.05, 4.69) is 30.9 Å². The third-order valence-corrected chi connectivity index (χ3v) is 4.56. The summed E-state index contributed by atoms with van der Waals surface area (Å²) in [5, 5.41) is 11.0. The minimum atomic E-state index is -0.687. The molecule has 20 heavy (non-hydrogen) atoms. The number of likely N-dealkylation sites (tertiary alicyclic amines) is 1. The van der Waals surface area contributed by atoms with E-state index in [0.717, 1.165) is 48.4 Å². The Hall–Kier alpha value is -1.06. The Bertz CT molecular complexity index is 451. The van der Waals surface area contributed by atoms with Crippen molar-refractivity contribution in [2.45, 2.75) is 52.2 Å². The summed E-state index contributed by atoms with van der Waals surface area (Å²) < 4.78 is 5.41. The molecular formula is C17H27NO2. The predicted molar refractivity (Wildman–Crippen MR) is 82.3 cm³/mol. The minimum absolute atomic E-state index is 0.555. The summed E-state index contributed by atoms with van der Waals surface area (Å²) in [5.74, 6) is 0.928. The maximum Gasteiger partial charge on any atom is 0.124 e. The smallest absolute Gasteiger partial charge is 0.124 e. The highest BCUT2D eigenvalue weighted by atomic mass is 16.5. The lowest BCUT2D eigenvalue weighted by Crippen LogP contribution is -2.45. The molecule has 0 aliphatic carbocycles. The number of hydrogen-bond acceptors (Lipinski definition) is 3. The van der Waals surface area contributed by atoms with E-state index in [4.69, 9.17) is 4.74 Å². The fraction of sp³-hybridized carbons (Fsp3) is 0.647. The van der Waals surface area contributed by atoms with E-state index in [0.29, 0.717) is 6.04 Å². The lowest BCUT2D eigenvalue weighted by atomic mass is 9.82. The van der Waals surface area contributed by atoms with Crippen molar-refractivity contribution in [2.75, 3.05) is 20.2 Å². The normalized spacial score (nSPS) is 19.4. The first-order valence-electron chi connectivity index (χ1n) is 7.49. The molecule has 1 aliphatic heterocycles. The van der Waals surface area contributed by atoms with Gasteiger partial charge in [0.2, 0.25) is 0 Å². The monoisotopic (exact) mass is 277 g/mol. The predicted octanol–water partition coefficient (Wildman–Crippen LogP) is 3.00. The molecule has 0 atom stereocenters. The largest absolute Gasteiger partial charge is 0.496 e. The lowest BCUT2D eigenvalue weighted by molar-refractivity contribution is -0.0324. The average Bonchev–Trinajstić information content (AvgIpc) is 2.38. The van der Waals surface area contributed by atoms with Gasteiger partial charge in [-0.15, -0.1) is 0 Å². The Kier molecular flexibility index (Phi) is 4.40. The number of rotatable bonds is 3. The first-order chi connectivity index (χ1) is 9.37. The van der Waals surface area contributed by atoms with Gasteiger partial charge in [-0.05, 0) is 69.4 Å². The standard InChI is InChI=1S/C17H27NO2/c1-12(2)18-8-6-17(19,7-9-18)15-10-13(3)16(20-5)14(4)11-15/h10-12,19H,6-9H2,1-5H3. The van der Waals surface area contributed by atoms with Crippen LogP contribution < -0.4 is 4.74 Å².